The molecule has 2 aromatic heterocycles. The van der Waals surface area contributed by atoms with E-state index in [1.807, 2.05) is 12.1 Å². The monoisotopic (exact) mass is 353 g/mol. The zero-order valence-electron chi connectivity index (χ0n) is 14.7. The van der Waals surface area contributed by atoms with Crippen LogP contribution in [0.25, 0.3) is 11.3 Å². The number of piperidine rings is 1. The summed E-state index contributed by atoms with van der Waals surface area (Å²) in [5.74, 6) is 0.588. The number of hydrogen-bond donors (Lipinski definition) is 1. The topological polar surface area (TPSA) is 80.1 Å². The van der Waals surface area contributed by atoms with Gasteiger partial charge in [-0.25, -0.2) is 4.68 Å². The van der Waals surface area contributed by atoms with Crippen LogP contribution in [0.2, 0.25) is 0 Å². The van der Waals surface area contributed by atoms with E-state index in [9.17, 15) is 9.59 Å². The molecule has 0 bridgehead atoms. The molecule has 1 atom stereocenters. The quantitative estimate of drug-likeness (QED) is 0.864. The molecule has 4 heterocycles. The minimum atomic E-state index is -0.0735. The Morgan fingerprint density at radius 3 is 2.81 bits per heavy atom. The van der Waals surface area contributed by atoms with Gasteiger partial charge < -0.3 is 10.2 Å². The number of carbonyl (C=O) groups excluding carboxylic acids is 1. The van der Waals surface area contributed by atoms with Crippen molar-refractivity contribution in [2.45, 2.75) is 31.8 Å². The Kier molecular flexibility index (Phi) is 4.79. The van der Waals surface area contributed by atoms with Gasteiger partial charge in [0.1, 0.15) is 0 Å². The molecule has 2 saturated heterocycles. The van der Waals surface area contributed by atoms with Gasteiger partial charge in [0.15, 0.2) is 0 Å². The normalized spacial score (nSPS) is 21.2. The molecule has 2 aromatic rings. The minimum absolute atomic E-state index is 0.0735. The van der Waals surface area contributed by atoms with Crippen LogP contribution in [0.5, 0.6) is 0 Å². The Balaban J connectivity index is 1.34. The molecule has 0 aliphatic carbocycles. The van der Waals surface area contributed by atoms with Crippen molar-refractivity contribution in [3.05, 3.63) is 47.0 Å². The number of rotatable bonds is 5. The van der Waals surface area contributed by atoms with Crippen molar-refractivity contribution in [3.63, 3.8) is 0 Å². The number of carbonyl (C=O) groups is 1. The summed E-state index contributed by atoms with van der Waals surface area (Å²) in [6, 6.07) is 7.39. The van der Waals surface area contributed by atoms with E-state index in [1.54, 1.807) is 29.2 Å². The van der Waals surface area contributed by atoms with E-state index in [0.29, 0.717) is 18.9 Å². The summed E-state index contributed by atoms with van der Waals surface area (Å²) in [6.07, 6.45) is 6.16. The second kappa shape index (κ2) is 7.37. The van der Waals surface area contributed by atoms with E-state index < -0.39 is 0 Å². The fraction of sp³-hybridized carbons (Fsp3) is 0.474. The van der Waals surface area contributed by atoms with Gasteiger partial charge in [-0.2, -0.15) is 5.10 Å². The molecule has 26 heavy (non-hydrogen) atoms. The Morgan fingerprint density at radius 2 is 2.04 bits per heavy atom. The fourth-order valence-corrected chi connectivity index (χ4v) is 3.76. The highest BCUT2D eigenvalue weighted by molar-refractivity contribution is 5.76. The molecule has 1 N–H and O–H groups in total. The fourth-order valence-electron chi connectivity index (χ4n) is 3.76. The number of hydrogen-bond acceptors (Lipinski definition) is 5. The van der Waals surface area contributed by atoms with Crippen LogP contribution in [0.1, 0.15) is 19.3 Å². The molecular formula is C19H23N5O2. The summed E-state index contributed by atoms with van der Waals surface area (Å²) in [5, 5.41) is 7.56. The smallest absolute Gasteiger partial charge is 0.266 e. The van der Waals surface area contributed by atoms with Crippen molar-refractivity contribution < 1.29 is 4.79 Å². The van der Waals surface area contributed by atoms with Gasteiger partial charge in [0.05, 0.1) is 12.2 Å². The molecule has 136 valence electrons. The first-order valence-electron chi connectivity index (χ1n) is 9.17. The second-order valence-electron chi connectivity index (χ2n) is 7.22. The van der Waals surface area contributed by atoms with Gasteiger partial charge >= 0.3 is 0 Å². The van der Waals surface area contributed by atoms with Crippen molar-refractivity contribution in [1.82, 2.24) is 25.0 Å². The number of aromatic nitrogens is 3. The Bertz CT molecular complexity index is 829. The van der Waals surface area contributed by atoms with E-state index in [2.05, 4.69) is 20.3 Å². The molecule has 7 nitrogen and oxygen atoms in total. The van der Waals surface area contributed by atoms with Crippen LogP contribution in [0.3, 0.4) is 0 Å². The van der Waals surface area contributed by atoms with Crippen LogP contribution in [-0.4, -0.2) is 51.2 Å². The molecule has 2 fully saturated rings. The van der Waals surface area contributed by atoms with Gasteiger partial charge in [-0.1, -0.05) is 0 Å². The third-order valence-electron chi connectivity index (χ3n) is 5.09. The molecule has 4 rings (SSSR count). The highest BCUT2D eigenvalue weighted by Crippen LogP contribution is 2.20. The number of pyridine rings is 1. The third kappa shape index (κ3) is 3.83. The van der Waals surface area contributed by atoms with Crippen molar-refractivity contribution in [2.75, 3.05) is 19.6 Å². The van der Waals surface area contributed by atoms with E-state index >= 15 is 0 Å². The number of nitrogens with zero attached hydrogens (tertiary/aromatic N) is 4. The number of nitrogens with one attached hydrogen (secondary N) is 1. The minimum Gasteiger partial charge on any atom is -0.352 e. The van der Waals surface area contributed by atoms with E-state index in [1.165, 1.54) is 0 Å². The lowest BCUT2D eigenvalue weighted by atomic mass is 9.97. The van der Waals surface area contributed by atoms with E-state index in [-0.39, 0.29) is 17.5 Å². The molecule has 1 amide bonds. The lowest BCUT2D eigenvalue weighted by Crippen LogP contribution is -2.55. The lowest BCUT2D eigenvalue weighted by Gasteiger charge is -2.41. The lowest BCUT2D eigenvalue weighted by molar-refractivity contribution is -0.123. The molecule has 1 unspecified atom stereocenters. The highest BCUT2D eigenvalue weighted by atomic mass is 16.1. The molecule has 0 radical (unpaired) electrons. The summed E-state index contributed by atoms with van der Waals surface area (Å²) in [6.45, 7) is 3.41. The van der Waals surface area contributed by atoms with Crippen molar-refractivity contribution in [1.29, 1.82) is 0 Å². The number of likely N-dealkylation sites (tertiary alicyclic amines) is 1. The average molecular weight is 353 g/mol. The van der Waals surface area contributed by atoms with Crippen molar-refractivity contribution in [2.24, 2.45) is 5.92 Å². The first-order valence-corrected chi connectivity index (χ1v) is 9.17. The number of amides is 1. The average Bonchev–Trinajstić information content (AvgIpc) is 2.62. The van der Waals surface area contributed by atoms with Crippen LogP contribution in [0.15, 0.2) is 41.5 Å². The highest BCUT2D eigenvalue weighted by Gasteiger charge is 2.30. The van der Waals surface area contributed by atoms with Crippen molar-refractivity contribution >= 4 is 5.91 Å². The van der Waals surface area contributed by atoms with Crippen LogP contribution in [0, 0.1) is 5.92 Å². The van der Waals surface area contributed by atoms with Crippen LogP contribution in [-0.2, 0) is 11.3 Å². The molecule has 7 heteroatoms. The zero-order valence-corrected chi connectivity index (χ0v) is 14.7. The molecule has 0 spiro atoms. The zero-order chi connectivity index (χ0) is 17.9. The predicted molar refractivity (Wildman–Crippen MR) is 97.4 cm³/mol. The molecule has 2 aliphatic heterocycles. The largest absolute Gasteiger partial charge is 0.352 e. The Hall–Kier alpha value is -2.54. The molecule has 2 aliphatic rings. The Labute approximate surface area is 152 Å². The molecule has 0 saturated carbocycles. The van der Waals surface area contributed by atoms with Crippen LogP contribution >= 0.6 is 0 Å². The van der Waals surface area contributed by atoms with Gasteiger partial charge in [-0.05, 0) is 31.0 Å². The maximum absolute atomic E-state index is 12.1. The van der Waals surface area contributed by atoms with Gasteiger partial charge in [-0.3, -0.25) is 14.6 Å². The molecule has 0 aromatic carbocycles. The molecular weight excluding hydrogens is 330 g/mol. The van der Waals surface area contributed by atoms with Gasteiger partial charge in [0.25, 0.3) is 5.56 Å². The summed E-state index contributed by atoms with van der Waals surface area (Å²) < 4.78 is 1.56. The standard InChI is InChI=1S/C19H23N5O2/c25-18-5-1-4-16(21-18)13-23-10-14(11-23)12-24-19(26)7-6-17(22-24)15-3-2-8-20-9-15/h2-3,6-9,14,16H,1,4-5,10-13H2,(H,21,25). The first-order chi connectivity index (χ1) is 12.7. The van der Waals surface area contributed by atoms with Crippen molar-refractivity contribution in [3.8, 4) is 11.3 Å². The Morgan fingerprint density at radius 1 is 1.15 bits per heavy atom. The predicted octanol–water partition coefficient (Wildman–Crippen LogP) is 0.906. The third-order valence-corrected chi connectivity index (χ3v) is 5.09. The SMILES string of the molecule is O=C1CCCC(CN2CC(Cn3nc(-c4cccnc4)ccc3=O)C2)N1. The summed E-state index contributed by atoms with van der Waals surface area (Å²) in [5.41, 5.74) is 1.60. The van der Waals surface area contributed by atoms with E-state index in [0.717, 1.165) is 43.7 Å². The maximum Gasteiger partial charge on any atom is 0.266 e. The summed E-state index contributed by atoms with van der Waals surface area (Å²) in [7, 11) is 0. The van der Waals surface area contributed by atoms with Gasteiger partial charge in [0.2, 0.25) is 5.91 Å². The van der Waals surface area contributed by atoms with Gasteiger partial charge in [-0.15, -0.1) is 0 Å². The first kappa shape index (κ1) is 16.9. The van der Waals surface area contributed by atoms with E-state index in [4.69, 9.17) is 0 Å². The van der Waals surface area contributed by atoms with Crippen LogP contribution < -0.4 is 10.9 Å². The maximum atomic E-state index is 12.1. The second-order valence-corrected chi connectivity index (χ2v) is 7.22. The van der Waals surface area contributed by atoms with Gasteiger partial charge in [0, 0.05) is 62.0 Å². The summed E-state index contributed by atoms with van der Waals surface area (Å²) in [4.78, 5) is 30.1. The summed E-state index contributed by atoms with van der Waals surface area (Å²) >= 11 is 0. The van der Waals surface area contributed by atoms with Crippen LogP contribution in [0.4, 0.5) is 0 Å².